The van der Waals surface area contributed by atoms with E-state index in [-0.39, 0.29) is 0 Å². The van der Waals surface area contributed by atoms with Crippen molar-refractivity contribution in [2.75, 3.05) is 12.4 Å². The first-order valence-electron chi connectivity index (χ1n) is 3.22. The van der Waals surface area contributed by atoms with Crippen LogP contribution >= 0.6 is 34.6 Å². The van der Waals surface area contributed by atoms with Gasteiger partial charge in [-0.3, -0.25) is 0 Å². The molecule has 1 aliphatic heterocycles. The molecular formula is C5H11NOS3. The van der Waals surface area contributed by atoms with E-state index in [4.69, 9.17) is 4.74 Å². The summed E-state index contributed by atoms with van der Waals surface area (Å²) in [5.41, 5.74) is 0. The van der Waals surface area contributed by atoms with Crippen LogP contribution in [0.25, 0.3) is 0 Å². The Morgan fingerprint density at radius 2 is 2.60 bits per heavy atom. The predicted molar refractivity (Wildman–Crippen MR) is 51.1 cm³/mol. The van der Waals surface area contributed by atoms with E-state index in [1.54, 1.807) is 21.8 Å². The van der Waals surface area contributed by atoms with E-state index >= 15 is 0 Å². The van der Waals surface area contributed by atoms with E-state index in [9.17, 15) is 0 Å². The second kappa shape index (κ2) is 5.60. The maximum Gasteiger partial charge on any atom is 0.0675 e. The van der Waals surface area contributed by atoms with Crippen LogP contribution in [0, 0.1) is 0 Å². The lowest BCUT2D eigenvalue weighted by Crippen LogP contribution is -2.07. The van der Waals surface area contributed by atoms with Crippen molar-refractivity contribution in [2.24, 2.45) is 0 Å². The van der Waals surface area contributed by atoms with Gasteiger partial charge in [0.1, 0.15) is 0 Å². The van der Waals surface area contributed by atoms with Crippen molar-refractivity contribution in [1.29, 1.82) is 0 Å². The third-order valence-corrected chi connectivity index (χ3v) is 3.73. The molecule has 0 aliphatic carbocycles. The molecule has 0 unspecified atom stereocenters. The Morgan fingerprint density at radius 3 is 3.20 bits per heavy atom. The van der Waals surface area contributed by atoms with Gasteiger partial charge in [0.2, 0.25) is 0 Å². The van der Waals surface area contributed by atoms with E-state index in [0.717, 1.165) is 12.4 Å². The van der Waals surface area contributed by atoms with Gasteiger partial charge in [-0.25, -0.2) is 4.13 Å². The van der Waals surface area contributed by atoms with Crippen molar-refractivity contribution in [1.82, 2.24) is 4.13 Å². The first-order chi connectivity index (χ1) is 4.93. The second-order valence-corrected chi connectivity index (χ2v) is 4.77. The number of hydrogen-bond acceptors (Lipinski definition) is 5. The third kappa shape index (κ3) is 3.39. The normalized spacial score (nSPS) is 25.5. The molecular weight excluding hydrogens is 186 g/mol. The zero-order valence-electron chi connectivity index (χ0n) is 5.58. The summed E-state index contributed by atoms with van der Waals surface area (Å²) < 4.78 is 8.12. The van der Waals surface area contributed by atoms with Gasteiger partial charge in [-0.05, 0) is 23.8 Å². The highest BCUT2D eigenvalue weighted by Crippen LogP contribution is 2.23. The quantitative estimate of drug-likeness (QED) is 0.311. The number of ether oxygens (including phenoxy) is 1. The molecule has 2 nitrogen and oxygen atoms in total. The molecule has 0 aromatic rings. The Kier molecular flexibility index (Phi) is 5.07. The molecule has 0 amide bonds. The largest absolute Gasteiger partial charge is 0.377 e. The smallest absolute Gasteiger partial charge is 0.0675 e. The van der Waals surface area contributed by atoms with Crippen LogP contribution in [0.5, 0.6) is 0 Å². The van der Waals surface area contributed by atoms with Crippen molar-refractivity contribution < 1.29 is 4.74 Å². The van der Waals surface area contributed by atoms with Gasteiger partial charge in [-0.2, -0.15) is 0 Å². The summed E-state index contributed by atoms with van der Waals surface area (Å²) in [5.74, 6) is 1.07. The molecule has 1 aliphatic rings. The van der Waals surface area contributed by atoms with Gasteiger partial charge < -0.3 is 4.74 Å². The van der Waals surface area contributed by atoms with Crippen molar-refractivity contribution in [2.45, 2.75) is 18.9 Å². The monoisotopic (exact) mass is 197 g/mol. The number of thiol groups is 1. The second-order valence-electron chi connectivity index (χ2n) is 2.09. The summed E-state index contributed by atoms with van der Waals surface area (Å²) in [6.07, 6.45) is 2.93. The Morgan fingerprint density at radius 1 is 1.70 bits per heavy atom. The van der Waals surface area contributed by atoms with Gasteiger partial charge >= 0.3 is 0 Å². The fourth-order valence-corrected chi connectivity index (χ4v) is 2.74. The molecule has 60 valence electrons. The zero-order chi connectivity index (χ0) is 7.23. The fraction of sp³-hybridized carbons (Fsp3) is 1.00. The topological polar surface area (TPSA) is 21.3 Å². The van der Waals surface area contributed by atoms with Gasteiger partial charge in [0.25, 0.3) is 0 Å². The standard InChI is InChI=1S/C5H11NOS3/c8-6-10-9-4-5-2-1-3-7-5/h5-6,8H,1-4H2/t5-/m0/s1. The average molecular weight is 197 g/mol. The summed E-state index contributed by atoms with van der Waals surface area (Å²) in [6, 6.07) is 0. The molecule has 0 aromatic carbocycles. The predicted octanol–water partition coefficient (Wildman–Crippen LogP) is 1.90. The van der Waals surface area contributed by atoms with Crippen LogP contribution < -0.4 is 4.13 Å². The first kappa shape index (κ1) is 9.06. The molecule has 1 saturated heterocycles. The van der Waals surface area contributed by atoms with Crippen LogP contribution in [-0.4, -0.2) is 18.5 Å². The first-order valence-corrected chi connectivity index (χ1v) is 5.99. The Bertz CT molecular complexity index is 87.0. The minimum atomic E-state index is 0.485. The van der Waals surface area contributed by atoms with E-state index in [1.807, 2.05) is 0 Å². The highest BCUT2D eigenvalue weighted by atomic mass is 33.1. The molecule has 0 saturated carbocycles. The SMILES string of the molecule is SNSSC[C@@H]1CCCO1. The summed E-state index contributed by atoms with van der Waals surface area (Å²) in [4.78, 5) is 0. The summed E-state index contributed by atoms with van der Waals surface area (Å²) in [7, 11) is 3.30. The van der Waals surface area contributed by atoms with Gasteiger partial charge in [0, 0.05) is 12.4 Å². The Hall–Kier alpha value is 0.970. The molecule has 1 atom stereocenters. The molecule has 5 heteroatoms. The lowest BCUT2D eigenvalue weighted by Gasteiger charge is -2.05. The molecule has 1 fully saturated rings. The summed E-state index contributed by atoms with van der Waals surface area (Å²) >= 11 is 3.85. The van der Waals surface area contributed by atoms with E-state index in [0.29, 0.717) is 6.10 Å². The average Bonchev–Trinajstić information content (AvgIpc) is 2.41. The highest BCUT2D eigenvalue weighted by molar-refractivity contribution is 8.76. The van der Waals surface area contributed by atoms with E-state index in [2.05, 4.69) is 16.9 Å². The molecule has 1 heterocycles. The zero-order valence-corrected chi connectivity index (χ0v) is 8.11. The minimum absolute atomic E-state index is 0.485. The molecule has 1 N–H and O–H groups in total. The minimum Gasteiger partial charge on any atom is -0.377 e. The van der Waals surface area contributed by atoms with Gasteiger partial charge in [-0.1, -0.05) is 23.6 Å². The molecule has 10 heavy (non-hydrogen) atoms. The Balaban J connectivity index is 1.91. The molecule has 0 radical (unpaired) electrons. The van der Waals surface area contributed by atoms with Crippen molar-refractivity contribution in [3.05, 3.63) is 0 Å². The van der Waals surface area contributed by atoms with Crippen molar-refractivity contribution >= 4 is 34.6 Å². The maximum atomic E-state index is 5.41. The van der Waals surface area contributed by atoms with E-state index < -0.39 is 0 Å². The molecule has 1 rings (SSSR count). The summed E-state index contributed by atoms with van der Waals surface area (Å²) in [5, 5.41) is 0. The maximum absolute atomic E-state index is 5.41. The number of nitrogens with one attached hydrogen (secondary N) is 1. The molecule has 0 spiro atoms. The van der Waals surface area contributed by atoms with Gasteiger partial charge in [0.05, 0.1) is 6.10 Å². The van der Waals surface area contributed by atoms with Gasteiger partial charge in [0.15, 0.2) is 0 Å². The lowest BCUT2D eigenvalue weighted by atomic mass is 10.3. The lowest BCUT2D eigenvalue weighted by molar-refractivity contribution is 0.129. The third-order valence-electron chi connectivity index (χ3n) is 1.37. The van der Waals surface area contributed by atoms with Crippen LogP contribution in [-0.2, 0) is 4.74 Å². The number of rotatable bonds is 4. The Labute approximate surface area is 74.9 Å². The highest BCUT2D eigenvalue weighted by Gasteiger charge is 2.14. The fourth-order valence-electron chi connectivity index (χ4n) is 0.912. The molecule has 0 aromatic heterocycles. The van der Waals surface area contributed by atoms with Crippen LogP contribution in [0.1, 0.15) is 12.8 Å². The van der Waals surface area contributed by atoms with Crippen molar-refractivity contribution in [3.63, 3.8) is 0 Å². The van der Waals surface area contributed by atoms with Gasteiger partial charge in [-0.15, -0.1) is 0 Å². The van der Waals surface area contributed by atoms with Crippen molar-refractivity contribution in [3.8, 4) is 0 Å². The van der Waals surface area contributed by atoms with Crippen LogP contribution in [0.3, 0.4) is 0 Å². The number of hydrogen-bond donors (Lipinski definition) is 2. The summed E-state index contributed by atoms with van der Waals surface area (Å²) in [6.45, 7) is 0.949. The molecule has 0 bridgehead atoms. The van der Waals surface area contributed by atoms with Crippen LogP contribution in [0.2, 0.25) is 0 Å². The van der Waals surface area contributed by atoms with E-state index in [1.165, 1.54) is 12.8 Å². The van der Waals surface area contributed by atoms with Crippen LogP contribution in [0.15, 0.2) is 0 Å². The van der Waals surface area contributed by atoms with Crippen LogP contribution in [0.4, 0.5) is 0 Å².